The van der Waals surface area contributed by atoms with E-state index in [4.69, 9.17) is 5.11 Å². The summed E-state index contributed by atoms with van der Waals surface area (Å²) in [6.07, 6.45) is 0. The quantitative estimate of drug-likeness (QED) is 0.874. The van der Waals surface area contributed by atoms with Gasteiger partial charge in [0.2, 0.25) is 0 Å². The molecule has 0 spiro atoms. The molecular formula is C11H14O4S. The SMILES string of the molecule is Cc1ccccc1S(=O)(=O)C(C)(C)C(=O)O. The number of rotatable bonds is 3. The normalized spacial score (nSPS) is 12.4. The minimum Gasteiger partial charge on any atom is -0.480 e. The minimum atomic E-state index is -3.87. The van der Waals surface area contributed by atoms with Gasteiger partial charge in [0.25, 0.3) is 0 Å². The molecule has 0 aliphatic rings. The van der Waals surface area contributed by atoms with E-state index in [1.54, 1.807) is 25.1 Å². The first-order valence-corrected chi connectivity index (χ1v) is 6.23. The molecule has 1 N–H and O–H groups in total. The Bertz CT molecular complexity index is 515. The van der Waals surface area contributed by atoms with Crippen molar-refractivity contribution in [3.05, 3.63) is 29.8 Å². The van der Waals surface area contributed by atoms with Gasteiger partial charge in [0.05, 0.1) is 4.90 Å². The highest BCUT2D eigenvalue weighted by atomic mass is 32.2. The third-order valence-electron chi connectivity index (χ3n) is 2.57. The van der Waals surface area contributed by atoms with E-state index in [1.165, 1.54) is 19.9 Å². The molecule has 0 bridgehead atoms. The summed E-state index contributed by atoms with van der Waals surface area (Å²) in [6.45, 7) is 4.03. The number of benzene rings is 1. The number of aliphatic carboxylic acids is 1. The average molecular weight is 242 g/mol. The molecule has 0 unspecified atom stereocenters. The van der Waals surface area contributed by atoms with Crippen LogP contribution in [0.4, 0.5) is 0 Å². The zero-order valence-corrected chi connectivity index (χ0v) is 10.2. The highest BCUT2D eigenvalue weighted by Gasteiger charge is 2.43. The second kappa shape index (κ2) is 3.90. The van der Waals surface area contributed by atoms with Crippen LogP contribution in [0.2, 0.25) is 0 Å². The van der Waals surface area contributed by atoms with Crippen molar-refractivity contribution in [2.45, 2.75) is 30.4 Å². The molecule has 4 nitrogen and oxygen atoms in total. The zero-order valence-electron chi connectivity index (χ0n) is 9.39. The zero-order chi connectivity index (χ0) is 12.6. The highest BCUT2D eigenvalue weighted by molar-refractivity contribution is 7.93. The summed E-state index contributed by atoms with van der Waals surface area (Å²) < 4.78 is 22.5. The van der Waals surface area contributed by atoms with Gasteiger partial charge in [-0.2, -0.15) is 0 Å². The molecule has 0 radical (unpaired) electrons. The molecule has 16 heavy (non-hydrogen) atoms. The van der Waals surface area contributed by atoms with Crippen LogP contribution >= 0.6 is 0 Å². The van der Waals surface area contributed by atoms with Gasteiger partial charge >= 0.3 is 5.97 Å². The number of carbonyl (C=O) groups is 1. The lowest BCUT2D eigenvalue weighted by atomic mass is 10.2. The Morgan fingerprint density at radius 3 is 2.19 bits per heavy atom. The van der Waals surface area contributed by atoms with Crippen LogP contribution in [0.5, 0.6) is 0 Å². The molecule has 0 amide bonds. The number of hydrogen-bond acceptors (Lipinski definition) is 3. The smallest absolute Gasteiger partial charge is 0.324 e. The third-order valence-corrected chi connectivity index (χ3v) is 5.13. The van der Waals surface area contributed by atoms with E-state index in [-0.39, 0.29) is 4.90 Å². The van der Waals surface area contributed by atoms with E-state index in [2.05, 4.69) is 0 Å². The lowest BCUT2D eigenvalue weighted by Crippen LogP contribution is -2.40. The van der Waals surface area contributed by atoms with Gasteiger partial charge in [-0.15, -0.1) is 0 Å². The molecule has 88 valence electrons. The third kappa shape index (κ3) is 1.82. The van der Waals surface area contributed by atoms with Gasteiger partial charge in [0, 0.05) is 0 Å². The molecule has 0 atom stereocenters. The Balaban J connectivity index is 3.45. The van der Waals surface area contributed by atoms with Crippen molar-refractivity contribution in [2.24, 2.45) is 0 Å². The first-order chi connectivity index (χ1) is 7.21. The standard InChI is InChI=1S/C11H14O4S/c1-8-6-4-5-7-9(8)16(14,15)11(2,3)10(12)13/h4-7H,1-3H3,(H,12,13). The summed E-state index contributed by atoms with van der Waals surface area (Å²) in [7, 11) is -3.87. The van der Waals surface area contributed by atoms with Gasteiger partial charge < -0.3 is 5.11 Å². The van der Waals surface area contributed by atoms with Crippen molar-refractivity contribution < 1.29 is 18.3 Å². The van der Waals surface area contributed by atoms with Crippen LogP contribution in [0, 0.1) is 6.92 Å². The monoisotopic (exact) mass is 242 g/mol. The highest BCUT2D eigenvalue weighted by Crippen LogP contribution is 2.27. The van der Waals surface area contributed by atoms with Crippen LogP contribution in [0.25, 0.3) is 0 Å². The van der Waals surface area contributed by atoms with E-state index in [0.717, 1.165) is 0 Å². The van der Waals surface area contributed by atoms with E-state index in [1.807, 2.05) is 0 Å². The summed E-state index contributed by atoms with van der Waals surface area (Å²) in [4.78, 5) is 11.0. The Hall–Kier alpha value is -1.36. The summed E-state index contributed by atoms with van der Waals surface area (Å²) in [5.74, 6) is -1.35. The lowest BCUT2D eigenvalue weighted by molar-refractivity contribution is -0.139. The van der Waals surface area contributed by atoms with Gasteiger partial charge in [-0.1, -0.05) is 18.2 Å². The molecule has 0 fully saturated rings. The van der Waals surface area contributed by atoms with E-state index in [9.17, 15) is 13.2 Å². The van der Waals surface area contributed by atoms with Crippen molar-refractivity contribution in [2.75, 3.05) is 0 Å². The molecule has 0 saturated heterocycles. The van der Waals surface area contributed by atoms with E-state index in [0.29, 0.717) is 5.56 Å². The van der Waals surface area contributed by atoms with Crippen LogP contribution < -0.4 is 0 Å². The van der Waals surface area contributed by atoms with Crippen LogP contribution in [-0.4, -0.2) is 24.2 Å². The Morgan fingerprint density at radius 1 is 1.25 bits per heavy atom. The minimum absolute atomic E-state index is 0.0717. The second-order valence-electron chi connectivity index (χ2n) is 4.08. The molecule has 1 aromatic carbocycles. The van der Waals surface area contributed by atoms with Crippen molar-refractivity contribution in [3.8, 4) is 0 Å². The van der Waals surface area contributed by atoms with Crippen molar-refractivity contribution in [1.29, 1.82) is 0 Å². The number of sulfone groups is 1. The van der Waals surface area contributed by atoms with Crippen LogP contribution in [0.3, 0.4) is 0 Å². The molecule has 0 heterocycles. The predicted octanol–water partition coefficient (Wildman–Crippen LogP) is 1.63. The topological polar surface area (TPSA) is 71.4 Å². The molecule has 0 aliphatic carbocycles. The van der Waals surface area contributed by atoms with Gasteiger partial charge in [-0.05, 0) is 32.4 Å². The first-order valence-electron chi connectivity index (χ1n) is 4.75. The number of hydrogen-bond donors (Lipinski definition) is 1. The number of carboxylic acids is 1. The van der Waals surface area contributed by atoms with Crippen molar-refractivity contribution in [1.82, 2.24) is 0 Å². The Labute approximate surface area is 94.8 Å². The fourth-order valence-corrected chi connectivity index (χ4v) is 2.78. The predicted molar refractivity (Wildman–Crippen MR) is 60.1 cm³/mol. The summed E-state index contributed by atoms with van der Waals surface area (Å²) in [5.41, 5.74) is 0.553. The van der Waals surface area contributed by atoms with Crippen LogP contribution in [0.1, 0.15) is 19.4 Å². The lowest BCUT2D eigenvalue weighted by Gasteiger charge is -2.20. The molecular weight excluding hydrogens is 228 g/mol. The molecule has 1 aromatic rings. The largest absolute Gasteiger partial charge is 0.480 e. The Morgan fingerprint density at radius 2 is 1.75 bits per heavy atom. The Kier molecular flexibility index (Phi) is 3.10. The van der Waals surface area contributed by atoms with Gasteiger partial charge in [0.15, 0.2) is 14.6 Å². The summed E-state index contributed by atoms with van der Waals surface area (Å²) >= 11 is 0. The second-order valence-corrected chi connectivity index (χ2v) is 6.55. The fraction of sp³-hybridized carbons (Fsp3) is 0.364. The van der Waals surface area contributed by atoms with Crippen molar-refractivity contribution >= 4 is 15.8 Å². The van der Waals surface area contributed by atoms with E-state index >= 15 is 0 Å². The molecule has 1 rings (SSSR count). The summed E-state index contributed by atoms with van der Waals surface area (Å²) in [5, 5.41) is 8.95. The maximum absolute atomic E-state index is 12.1. The molecule has 0 aromatic heterocycles. The number of aryl methyl sites for hydroxylation is 1. The first kappa shape index (κ1) is 12.7. The maximum atomic E-state index is 12.1. The molecule has 5 heteroatoms. The van der Waals surface area contributed by atoms with Gasteiger partial charge in [0.1, 0.15) is 0 Å². The fourth-order valence-electron chi connectivity index (χ4n) is 1.25. The van der Waals surface area contributed by atoms with E-state index < -0.39 is 20.6 Å². The van der Waals surface area contributed by atoms with Crippen molar-refractivity contribution in [3.63, 3.8) is 0 Å². The maximum Gasteiger partial charge on any atom is 0.324 e. The molecule has 0 aliphatic heterocycles. The average Bonchev–Trinajstić information content (AvgIpc) is 2.17. The van der Waals surface area contributed by atoms with Crippen LogP contribution in [0.15, 0.2) is 29.2 Å². The van der Waals surface area contributed by atoms with Crippen LogP contribution in [-0.2, 0) is 14.6 Å². The molecule has 0 saturated carbocycles. The van der Waals surface area contributed by atoms with Gasteiger partial charge in [-0.25, -0.2) is 8.42 Å². The van der Waals surface area contributed by atoms with Gasteiger partial charge in [-0.3, -0.25) is 4.79 Å². The number of carboxylic acid groups (broad SMARTS) is 1. The summed E-state index contributed by atoms with van der Waals surface area (Å²) in [6, 6.07) is 6.36.